The Bertz CT molecular complexity index is 689. The maximum absolute atomic E-state index is 5.77. The number of piperazine rings is 1. The topological polar surface area (TPSA) is 68.7 Å². The van der Waals surface area contributed by atoms with Gasteiger partial charge in [0.25, 0.3) is 0 Å². The van der Waals surface area contributed by atoms with E-state index in [2.05, 4.69) is 20.2 Å². The molecule has 1 aromatic carbocycles. The molecule has 1 fully saturated rings. The van der Waals surface area contributed by atoms with Crippen LogP contribution in [-0.2, 0) is 6.61 Å². The standard InChI is InChI=1S/C16H18N4O3/c1-2-13-14(23-11-22-13)7-12(1)10-21-16-9-18-8-15(19-16)20-5-3-17-4-6-20/h1-2,7-9,17H,3-6,10-11H2. The molecule has 2 aliphatic heterocycles. The van der Waals surface area contributed by atoms with Crippen molar-refractivity contribution >= 4 is 5.82 Å². The molecular weight excluding hydrogens is 296 g/mol. The molecule has 0 spiro atoms. The first-order valence-electron chi connectivity index (χ1n) is 7.67. The highest BCUT2D eigenvalue weighted by atomic mass is 16.7. The average Bonchev–Trinajstić information content (AvgIpc) is 3.09. The van der Waals surface area contributed by atoms with Crippen molar-refractivity contribution in [2.45, 2.75) is 6.61 Å². The van der Waals surface area contributed by atoms with Crippen molar-refractivity contribution in [1.29, 1.82) is 0 Å². The van der Waals surface area contributed by atoms with Gasteiger partial charge in [-0.25, -0.2) is 0 Å². The van der Waals surface area contributed by atoms with E-state index in [0.29, 0.717) is 12.5 Å². The lowest BCUT2D eigenvalue weighted by molar-refractivity contribution is 0.174. The second kappa shape index (κ2) is 6.29. The highest BCUT2D eigenvalue weighted by Gasteiger charge is 2.14. The van der Waals surface area contributed by atoms with Gasteiger partial charge in [0.05, 0.1) is 12.4 Å². The molecule has 0 bridgehead atoms. The molecular formula is C16H18N4O3. The van der Waals surface area contributed by atoms with Crippen LogP contribution < -0.4 is 24.4 Å². The van der Waals surface area contributed by atoms with Crippen molar-refractivity contribution in [2.75, 3.05) is 37.9 Å². The molecule has 2 aliphatic rings. The first-order chi connectivity index (χ1) is 11.4. The van der Waals surface area contributed by atoms with Gasteiger partial charge in [0.1, 0.15) is 6.61 Å². The highest BCUT2D eigenvalue weighted by Crippen LogP contribution is 2.32. The fraction of sp³-hybridized carbons (Fsp3) is 0.375. The largest absolute Gasteiger partial charge is 0.472 e. The molecule has 0 radical (unpaired) electrons. The van der Waals surface area contributed by atoms with Gasteiger partial charge in [-0.1, -0.05) is 6.07 Å². The molecule has 0 saturated carbocycles. The maximum atomic E-state index is 5.77. The molecule has 7 heteroatoms. The monoisotopic (exact) mass is 314 g/mol. The van der Waals surface area contributed by atoms with Crippen molar-refractivity contribution in [1.82, 2.24) is 15.3 Å². The summed E-state index contributed by atoms with van der Waals surface area (Å²) in [5, 5.41) is 3.32. The number of anilines is 1. The van der Waals surface area contributed by atoms with Gasteiger partial charge in [-0.15, -0.1) is 0 Å². The normalized spacial score (nSPS) is 16.4. The number of nitrogens with one attached hydrogen (secondary N) is 1. The molecule has 23 heavy (non-hydrogen) atoms. The number of fused-ring (bicyclic) bond motifs is 1. The number of rotatable bonds is 4. The van der Waals surface area contributed by atoms with Crippen LogP contribution in [0, 0.1) is 0 Å². The summed E-state index contributed by atoms with van der Waals surface area (Å²) in [7, 11) is 0. The van der Waals surface area contributed by atoms with E-state index in [-0.39, 0.29) is 6.79 Å². The Morgan fingerprint density at radius 1 is 1.13 bits per heavy atom. The number of hydrogen-bond donors (Lipinski definition) is 1. The van der Waals surface area contributed by atoms with E-state index in [1.165, 1.54) is 0 Å². The lowest BCUT2D eigenvalue weighted by atomic mass is 10.2. The van der Waals surface area contributed by atoms with E-state index in [4.69, 9.17) is 14.2 Å². The van der Waals surface area contributed by atoms with Gasteiger partial charge in [0.2, 0.25) is 12.7 Å². The molecule has 1 saturated heterocycles. The molecule has 7 nitrogen and oxygen atoms in total. The minimum atomic E-state index is 0.276. The van der Waals surface area contributed by atoms with Gasteiger partial charge in [-0.05, 0) is 17.7 Å². The Hall–Kier alpha value is -2.54. The third-order valence-electron chi connectivity index (χ3n) is 3.86. The van der Waals surface area contributed by atoms with E-state index in [0.717, 1.165) is 49.1 Å². The number of aromatic nitrogens is 2. The lowest BCUT2D eigenvalue weighted by Crippen LogP contribution is -2.43. The summed E-state index contributed by atoms with van der Waals surface area (Å²) in [6.07, 6.45) is 3.41. The zero-order valence-electron chi connectivity index (χ0n) is 12.7. The number of hydrogen-bond acceptors (Lipinski definition) is 7. The first-order valence-corrected chi connectivity index (χ1v) is 7.67. The molecule has 0 atom stereocenters. The smallest absolute Gasteiger partial charge is 0.234 e. The van der Waals surface area contributed by atoms with Gasteiger partial charge in [-0.2, -0.15) is 4.98 Å². The van der Waals surface area contributed by atoms with Crippen LogP contribution in [0.5, 0.6) is 17.4 Å². The Balaban J connectivity index is 1.42. The van der Waals surface area contributed by atoms with Crippen LogP contribution in [0.15, 0.2) is 30.6 Å². The molecule has 120 valence electrons. The highest BCUT2D eigenvalue weighted by molar-refractivity contribution is 5.44. The molecule has 0 amide bonds. The fourth-order valence-electron chi connectivity index (χ4n) is 2.64. The molecule has 4 rings (SSSR count). The molecule has 3 heterocycles. The van der Waals surface area contributed by atoms with Gasteiger partial charge in [0, 0.05) is 26.2 Å². The fourth-order valence-corrected chi connectivity index (χ4v) is 2.64. The van der Waals surface area contributed by atoms with Gasteiger partial charge in [-0.3, -0.25) is 4.98 Å². The maximum Gasteiger partial charge on any atom is 0.234 e. The summed E-state index contributed by atoms with van der Waals surface area (Å²) in [4.78, 5) is 11.0. The number of ether oxygens (including phenoxy) is 3. The first kappa shape index (κ1) is 14.1. The van der Waals surface area contributed by atoms with Gasteiger partial charge in [0.15, 0.2) is 17.3 Å². The van der Waals surface area contributed by atoms with E-state index in [1.807, 2.05) is 18.2 Å². The van der Waals surface area contributed by atoms with E-state index in [1.54, 1.807) is 12.4 Å². The second-order valence-corrected chi connectivity index (χ2v) is 5.43. The quantitative estimate of drug-likeness (QED) is 0.909. The third-order valence-corrected chi connectivity index (χ3v) is 3.86. The minimum Gasteiger partial charge on any atom is -0.472 e. The summed E-state index contributed by atoms with van der Waals surface area (Å²) >= 11 is 0. The van der Waals surface area contributed by atoms with Crippen LogP contribution in [-0.4, -0.2) is 42.9 Å². The zero-order valence-corrected chi connectivity index (χ0v) is 12.7. The summed E-state index contributed by atoms with van der Waals surface area (Å²) in [5.74, 6) is 2.91. The predicted molar refractivity (Wildman–Crippen MR) is 84.0 cm³/mol. The third kappa shape index (κ3) is 3.14. The molecule has 1 aromatic heterocycles. The molecule has 0 unspecified atom stereocenters. The van der Waals surface area contributed by atoms with Crippen LogP contribution in [0.3, 0.4) is 0 Å². The summed E-state index contributed by atoms with van der Waals surface area (Å²) < 4.78 is 16.4. The van der Waals surface area contributed by atoms with E-state index in [9.17, 15) is 0 Å². The van der Waals surface area contributed by atoms with Crippen LogP contribution >= 0.6 is 0 Å². The van der Waals surface area contributed by atoms with E-state index < -0.39 is 0 Å². The predicted octanol–water partition coefficient (Wildman–Crippen LogP) is 1.19. The Kier molecular flexibility index (Phi) is 3.85. The number of nitrogens with zero attached hydrogens (tertiary/aromatic N) is 3. The Labute approximate surface area is 134 Å². The molecule has 2 aromatic rings. The Morgan fingerprint density at radius 3 is 2.91 bits per heavy atom. The van der Waals surface area contributed by atoms with Gasteiger partial charge < -0.3 is 24.4 Å². The van der Waals surface area contributed by atoms with Crippen LogP contribution in [0.25, 0.3) is 0 Å². The molecule has 0 aliphatic carbocycles. The van der Waals surface area contributed by atoms with Crippen molar-refractivity contribution in [3.8, 4) is 17.4 Å². The van der Waals surface area contributed by atoms with Crippen LogP contribution in [0.1, 0.15) is 5.56 Å². The molecule has 1 N–H and O–H groups in total. The summed E-state index contributed by atoms with van der Waals surface area (Å²) in [6, 6.07) is 5.78. The van der Waals surface area contributed by atoms with Crippen molar-refractivity contribution in [3.63, 3.8) is 0 Å². The SMILES string of the molecule is c1cc2c(cc1COc1cncc(N3CCNCC3)n1)OCO2. The summed E-state index contributed by atoms with van der Waals surface area (Å²) in [6.45, 7) is 4.47. The minimum absolute atomic E-state index is 0.276. The van der Waals surface area contributed by atoms with Crippen molar-refractivity contribution < 1.29 is 14.2 Å². The average molecular weight is 314 g/mol. The number of benzene rings is 1. The lowest BCUT2D eigenvalue weighted by Gasteiger charge is -2.28. The second-order valence-electron chi connectivity index (χ2n) is 5.43. The van der Waals surface area contributed by atoms with Crippen molar-refractivity contribution in [3.05, 3.63) is 36.2 Å². The van der Waals surface area contributed by atoms with Crippen LogP contribution in [0.2, 0.25) is 0 Å². The van der Waals surface area contributed by atoms with Crippen LogP contribution in [0.4, 0.5) is 5.82 Å². The van der Waals surface area contributed by atoms with E-state index >= 15 is 0 Å². The zero-order chi connectivity index (χ0) is 15.5. The summed E-state index contributed by atoms with van der Waals surface area (Å²) in [5.41, 5.74) is 1.00. The van der Waals surface area contributed by atoms with Crippen molar-refractivity contribution in [2.24, 2.45) is 0 Å². The van der Waals surface area contributed by atoms with Gasteiger partial charge >= 0.3 is 0 Å². The Morgan fingerprint density at radius 2 is 2.00 bits per heavy atom.